The van der Waals surface area contributed by atoms with Crippen LogP contribution < -0.4 is 0 Å². The molecule has 0 saturated carbocycles. The fourth-order valence-electron chi connectivity index (χ4n) is 3.00. The van der Waals surface area contributed by atoms with Gasteiger partial charge in [0, 0.05) is 13.0 Å². The Hall–Kier alpha value is -2.45. The average Bonchev–Trinajstić information content (AvgIpc) is 2.78. The number of carbonyl (C=O) groups excluding carboxylic acids is 1. The summed E-state index contributed by atoms with van der Waals surface area (Å²) >= 11 is 0. The molecule has 1 aromatic rings. The lowest BCUT2D eigenvalue weighted by molar-refractivity contribution is -0.386. The molecule has 126 valence electrons. The zero-order valence-corrected chi connectivity index (χ0v) is 13.2. The lowest BCUT2D eigenvalue weighted by atomic mass is 10.0. The van der Waals surface area contributed by atoms with Gasteiger partial charge in [0.1, 0.15) is 17.4 Å². The average molecular weight is 324 g/mol. The third-order valence-corrected chi connectivity index (χ3v) is 4.17. The maximum absolute atomic E-state index is 12.3. The van der Waals surface area contributed by atoms with Crippen LogP contribution in [0, 0.1) is 24.0 Å². The topological polar surface area (TPSA) is 119 Å². The van der Waals surface area contributed by atoms with Crippen molar-refractivity contribution in [2.45, 2.75) is 52.1 Å². The Morgan fingerprint density at radius 1 is 1.39 bits per heavy atom. The number of hydrogen-bond donors (Lipinski definition) is 1. The number of carboxylic acids is 1. The van der Waals surface area contributed by atoms with Crippen molar-refractivity contribution in [3.05, 3.63) is 21.5 Å². The molecule has 1 saturated heterocycles. The van der Waals surface area contributed by atoms with Crippen LogP contribution in [-0.2, 0) is 16.1 Å². The Morgan fingerprint density at radius 2 is 2.09 bits per heavy atom. The van der Waals surface area contributed by atoms with Crippen molar-refractivity contribution in [1.82, 2.24) is 14.7 Å². The predicted octanol–water partition coefficient (Wildman–Crippen LogP) is 1.26. The first-order chi connectivity index (χ1) is 10.8. The molecule has 1 aromatic heterocycles. The summed E-state index contributed by atoms with van der Waals surface area (Å²) in [6.07, 6.45) is 2.13. The minimum atomic E-state index is -0.986. The molecule has 9 nitrogen and oxygen atoms in total. The number of nitrogens with zero attached hydrogens (tertiary/aromatic N) is 4. The van der Waals surface area contributed by atoms with Gasteiger partial charge in [-0.05, 0) is 33.1 Å². The van der Waals surface area contributed by atoms with Gasteiger partial charge in [-0.15, -0.1) is 0 Å². The number of carboxylic acid groups (broad SMARTS) is 1. The molecule has 0 aromatic carbocycles. The van der Waals surface area contributed by atoms with Crippen LogP contribution in [0.25, 0.3) is 0 Å². The molecule has 0 spiro atoms. The first kappa shape index (κ1) is 16.9. The predicted molar refractivity (Wildman–Crippen MR) is 80.0 cm³/mol. The fraction of sp³-hybridized carbons (Fsp3) is 0.643. The second kappa shape index (κ2) is 6.76. The summed E-state index contributed by atoms with van der Waals surface area (Å²) in [4.78, 5) is 35.4. The summed E-state index contributed by atoms with van der Waals surface area (Å²) < 4.78 is 1.44. The molecule has 1 unspecified atom stereocenters. The monoisotopic (exact) mass is 324 g/mol. The van der Waals surface area contributed by atoms with Crippen molar-refractivity contribution >= 4 is 17.6 Å². The summed E-state index contributed by atoms with van der Waals surface area (Å²) in [6.45, 7) is 3.77. The number of aliphatic carboxylic acids is 1. The van der Waals surface area contributed by atoms with E-state index in [0.29, 0.717) is 24.4 Å². The first-order valence-electron chi connectivity index (χ1n) is 7.53. The van der Waals surface area contributed by atoms with E-state index in [1.807, 2.05) is 0 Å². The van der Waals surface area contributed by atoms with E-state index >= 15 is 0 Å². The third kappa shape index (κ3) is 3.49. The molecule has 1 amide bonds. The van der Waals surface area contributed by atoms with E-state index in [2.05, 4.69) is 5.10 Å². The molecule has 1 fully saturated rings. The summed E-state index contributed by atoms with van der Waals surface area (Å²) in [6, 6.07) is -0.772. The Kier molecular flexibility index (Phi) is 4.97. The number of rotatable bonds is 5. The van der Waals surface area contributed by atoms with Gasteiger partial charge in [0.25, 0.3) is 0 Å². The van der Waals surface area contributed by atoms with Crippen LogP contribution in [-0.4, -0.2) is 49.2 Å². The van der Waals surface area contributed by atoms with Crippen LogP contribution >= 0.6 is 0 Å². The number of hydrogen-bond acceptors (Lipinski definition) is 5. The zero-order chi connectivity index (χ0) is 17.1. The summed E-state index contributed by atoms with van der Waals surface area (Å²) in [5, 5.41) is 24.3. The standard InChI is InChI=1S/C14H20N4O5/c1-9-13(18(22)23)10(2)17(15-9)8-6-12(19)16-7-4-3-5-11(16)14(20)21/h11H,3-8H2,1-2H3,(H,20,21). The highest BCUT2D eigenvalue weighted by molar-refractivity contribution is 5.83. The van der Waals surface area contributed by atoms with Crippen LogP contribution in [0.3, 0.4) is 0 Å². The number of aromatic nitrogens is 2. The molecule has 2 rings (SSSR count). The lowest BCUT2D eigenvalue weighted by Gasteiger charge is -2.33. The highest BCUT2D eigenvalue weighted by atomic mass is 16.6. The van der Waals surface area contributed by atoms with Crippen molar-refractivity contribution in [2.24, 2.45) is 0 Å². The van der Waals surface area contributed by atoms with Crippen LogP contribution in [0.2, 0.25) is 0 Å². The van der Waals surface area contributed by atoms with E-state index in [9.17, 15) is 24.8 Å². The fourth-order valence-corrected chi connectivity index (χ4v) is 3.00. The van der Waals surface area contributed by atoms with Gasteiger partial charge in [-0.3, -0.25) is 19.6 Å². The van der Waals surface area contributed by atoms with Gasteiger partial charge >= 0.3 is 11.7 Å². The summed E-state index contributed by atoms with van der Waals surface area (Å²) in [7, 11) is 0. The van der Waals surface area contributed by atoms with Crippen molar-refractivity contribution in [1.29, 1.82) is 0 Å². The highest BCUT2D eigenvalue weighted by Crippen LogP contribution is 2.23. The number of likely N-dealkylation sites (tertiary alicyclic amines) is 1. The van der Waals surface area contributed by atoms with Crippen molar-refractivity contribution in [3.63, 3.8) is 0 Å². The molecule has 23 heavy (non-hydrogen) atoms. The molecule has 1 aliphatic heterocycles. The van der Waals surface area contributed by atoms with Gasteiger partial charge in [-0.25, -0.2) is 4.79 Å². The molecule has 0 radical (unpaired) electrons. The Balaban J connectivity index is 2.05. The van der Waals surface area contributed by atoms with Crippen LogP contribution in [0.1, 0.15) is 37.1 Å². The summed E-state index contributed by atoms with van der Waals surface area (Å²) in [5.41, 5.74) is 0.661. The van der Waals surface area contributed by atoms with Crippen LogP contribution in [0.15, 0.2) is 0 Å². The number of nitro groups is 1. The molecular weight excluding hydrogens is 304 g/mol. The zero-order valence-electron chi connectivity index (χ0n) is 13.2. The smallest absolute Gasteiger partial charge is 0.326 e. The molecule has 9 heteroatoms. The van der Waals surface area contributed by atoms with E-state index in [1.165, 1.54) is 9.58 Å². The van der Waals surface area contributed by atoms with E-state index in [-0.39, 0.29) is 24.6 Å². The quantitative estimate of drug-likeness (QED) is 0.643. The van der Waals surface area contributed by atoms with E-state index in [1.54, 1.807) is 13.8 Å². The van der Waals surface area contributed by atoms with Crippen molar-refractivity contribution < 1.29 is 19.6 Å². The van der Waals surface area contributed by atoms with E-state index < -0.39 is 16.9 Å². The van der Waals surface area contributed by atoms with Gasteiger partial charge < -0.3 is 10.0 Å². The number of piperidine rings is 1. The van der Waals surface area contributed by atoms with Crippen molar-refractivity contribution in [3.8, 4) is 0 Å². The van der Waals surface area contributed by atoms with E-state index in [4.69, 9.17) is 0 Å². The maximum atomic E-state index is 12.3. The Bertz CT molecular complexity index is 639. The lowest BCUT2D eigenvalue weighted by Crippen LogP contribution is -2.48. The number of amides is 1. The SMILES string of the molecule is Cc1nn(CCC(=O)N2CCCCC2C(=O)O)c(C)c1[N+](=O)[O-]. The normalized spacial score (nSPS) is 18.0. The van der Waals surface area contributed by atoms with Crippen molar-refractivity contribution in [2.75, 3.05) is 6.54 Å². The van der Waals surface area contributed by atoms with Crippen LogP contribution in [0.4, 0.5) is 5.69 Å². The second-order valence-corrected chi connectivity index (χ2v) is 5.69. The molecule has 1 N–H and O–H groups in total. The highest BCUT2D eigenvalue weighted by Gasteiger charge is 2.32. The number of carbonyl (C=O) groups is 2. The minimum absolute atomic E-state index is 0.0427. The molecular formula is C14H20N4O5. The van der Waals surface area contributed by atoms with Gasteiger partial charge in [-0.2, -0.15) is 5.10 Å². The maximum Gasteiger partial charge on any atom is 0.326 e. The van der Waals surface area contributed by atoms with Gasteiger partial charge in [-0.1, -0.05) is 0 Å². The Labute approximate surface area is 133 Å². The molecule has 1 atom stereocenters. The Morgan fingerprint density at radius 3 is 2.65 bits per heavy atom. The van der Waals surface area contributed by atoms with Gasteiger partial charge in [0.2, 0.25) is 5.91 Å². The third-order valence-electron chi connectivity index (χ3n) is 4.17. The second-order valence-electron chi connectivity index (χ2n) is 5.69. The first-order valence-corrected chi connectivity index (χ1v) is 7.53. The van der Waals surface area contributed by atoms with Gasteiger partial charge in [0.05, 0.1) is 11.5 Å². The molecule has 1 aliphatic rings. The van der Waals surface area contributed by atoms with Gasteiger partial charge in [0.15, 0.2) is 0 Å². The van der Waals surface area contributed by atoms with Crippen LogP contribution in [0.5, 0.6) is 0 Å². The number of aryl methyl sites for hydroxylation is 2. The molecule has 0 bridgehead atoms. The largest absolute Gasteiger partial charge is 0.480 e. The van der Waals surface area contributed by atoms with E-state index in [0.717, 1.165) is 12.8 Å². The molecule has 0 aliphatic carbocycles. The summed E-state index contributed by atoms with van der Waals surface area (Å²) in [5.74, 6) is -1.24. The minimum Gasteiger partial charge on any atom is -0.480 e. The molecule has 2 heterocycles.